The first-order valence-electron chi connectivity index (χ1n) is 3.91. The van der Waals surface area contributed by atoms with Crippen molar-refractivity contribution >= 4 is 15.9 Å². The minimum atomic E-state index is 0.994. The second-order valence-corrected chi connectivity index (χ2v) is 3.45. The molecule has 0 N–H and O–H groups in total. The quantitative estimate of drug-likeness (QED) is 0.760. The lowest BCUT2D eigenvalue weighted by molar-refractivity contribution is 0.730. The average molecular weight is 217 g/mol. The fraction of sp³-hybridized carbons (Fsp3) is 0.625. The highest BCUT2D eigenvalue weighted by atomic mass is 79.9. The van der Waals surface area contributed by atoms with Crippen molar-refractivity contribution in [2.24, 2.45) is 7.05 Å². The predicted molar refractivity (Wildman–Crippen MR) is 49.5 cm³/mol. The summed E-state index contributed by atoms with van der Waals surface area (Å²) >= 11 is 3.42. The van der Waals surface area contributed by atoms with Crippen LogP contribution >= 0.6 is 15.9 Å². The van der Waals surface area contributed by atoms with Crippen LogP contribution in [-0.4, -0.2) is 9.55 Å². The van der Waals surface area contributed by atoms with Gasteiger partial charge in [0, 0.05) is 7.05 Å². The number of aromatic nitrogens is 2. The molecule has 0 unspecified atom stereocenters. The summed E-state index contributed by atoms with van der Waals surface area (Å²) in [6, 6.07) is 0. The Kier molecular flexibility index (Phi) is 3.12. The van der Waals surface area contributed by atoms with Crippen molar-refractivity contribution in [1.82, 2.24) is 9.55 Å². The molecule has 0 saturated heterocycles. The molecule has 0 aliphatic rings. The lowest BCUT2D eigenvalue weighted by atomic mass is 10.2. The fourth-order valence-electron chi connectivity index (χ4n) is 1.05. The first kappa shape index (κ1) is 8.78. The van der Waals surface area contributed by atoms with Gasteiger partial charge < -0.3 is 4.57 Å². The third-order valence-corrected chi connectivity index (χ3v) is 2.44. The topological polar surface area (TPSA) is 17.8 Å². The molecule has 1 aromatic rings. The predicted octanol–water partition coefficient (Wildman–Crippen LogP) is 2.53. The van der Waals surface area contributed by atoms with Gasteiger partial charge in [0.05, 0.1) is 12.0 Å². The zero-order valence-corrected chi connectivity index (χ0v) is 8.56. The Morgan fingerprint density at radius 1 is 1.64 bits per heavy atom. The molecule has 11 heavy (non-hydrogen) atoms. The van der Waals surface area contributed by atoms with Crippen LogP contribution in [0.2, 0.25) is 0 Å². The summed E-state index contributed by atoms with van der Waals surface area (Å²) in [5, 5.41) is 0. The van der Waals surface area contributed by atoms with Gasteiger partial charge in [0.1, 0.15) is 4.60 Å². The van der Waals surface area contributed by atoms with Crippen molar-refractivity contribution < 1.29 is 0 Å². The van der Waals surface area contributed by atoms with Crippen LogP contribution in [0.15, 0.2) is 10.9 Å². The average Bonchev–Trinajstić information content (AvgIpc) is 2.29. The number of halogens is 1. The number of aryl methyl sites for hydroxylation is 1. The first-order chi connectivity index (χ1) is 5.25. The van der Waals surface area contributed by atoms with E-state index in [2.05, 4.69) is 32.4 Å². The summed E-state index contributed by atoms with van der Waals surface area (Å²) < 4.78 is 3.06. The summed E-state index contributed by atoms with van der Waals surface area (Å²) in [6.45, 7) is 2.20. The maximum Gasteiger partial charge on any atom is 0.127 e. The Labute approximate surface area is 75.8 Å². The van der Waals surface area contributed by atoms with E-state index in [1.807, 2.05) is 13.4 Å². The molecule has 62 valence electrons. The third-order valence-electron chi connectivity index (χ3n) is 1.78. The Hall–Kier alpha value is -0.310. The third kappa shape index (κ3) is 2.06. The zero-order valence-electron chi connectivity index (χ0n) is 6.97. The van der Waals surface area contributed by atoms with Crippen molar-refractivity contribution in [2.75, 3.05) is 0 Å². The van der Waals surface area contributed by atoms with Gasteiger partial charge in [0.2, 0.25) is 0 Å². The van der Waals surface area contributed by atoms with E-state index in [-0.39, 0.29) is 0 Å². The lowest BCUT2D eigenvalue weighted by Crippen LogP contribution is -1.95. The molecule has 0 atom stereocenters. The van der Waals surface area contributed by atoms with Gasteiger partial charge in [-0.05, 0) is 28.8 Å². The molecule has 3 heteroatoms. The molecule has 0 amide bonds. The molecule has 2 nitrogen and oxygen atoms in total. The second-order valence-electron chi connectivity index (χ2n) is 2.70. The Balaban J connectivity index is 2.67. The molecular weight excluding hydrogens is 204 g/mol. The molecule has 0 aliphatic carbocycles. The standard InChI is InChI=1S/C8H13BrN2/c1-3-4-5-7-8(9)10-6-11(7)2/h6H,3-5H2,1-2H3. The van der Waals surface area contributed by atoms with E-state index in [1.165, 1.54) is 18.5 Å². The van der Waals surface area contributed by atoms with E-state index in [9.17, 15) is 0 Å². The minimum Gasteiger partial charge on any atom is -0.337 e. The summed E-state index contributed by atoms with van der Waals surface area (Å²) in [6.07, 6.45) is 5.43. The maximum absolute atomic E-state index is 4.15. The molecule has 0 aromatic carbocycles. The van der Waals surface area contributed by atoms with Crippen molar-refractivity contribution in [3.63, 3.8) is 0 Å². The van der Waals surface area contributed by atoms with Crippen LogP contribution in [0.25, 0.3) is 0 Å². The largest absolute Gasteiger partial charge is 0.337 e. The van der Waals surface area contributed by atoms with Crippen LogP contribution in [0.5, 0.6) is 0 Å². The van der Waals surface area contributed by atoms with E-state index in [1.54, 1.807) is 0 Å². The Morgan fingerprint density at radius 2 is 2.36 bits per heavy atom. The maximum atomic E-state index is 4.15. The lowest BCUT2D eigenvalue weighted by Gasteiger charge is -2.00. The molecule has 0 fully saturated rings. The van der Waals surface area contributed by atoms with E-state index >= 15 is 0 Å². The van der Waals surface area contributed by atoms with Crippen LogP contribution < -0.4 is 0 Å². The van der Waals surface area contributed by atoms with Gasteiger partial charge in [0.25, 0.3) is 0 Å². The first-order valence-corrected chi connectivity index (χ1v) is 4.70. The molecular formula is C8H13BrN2. The summed E-state index contributed by atoms with van der Waals surface area (Å²) in [4.78, 5) is 4.15. The highest BCUT2D eigenvalue weighted by molar-refractivity contribution is 9.10. The van der Waals surface area contributed by atoms with Gasteiger partial charge in [-0.15, -0.1) is 0 Å². The van der Waals surface area contributed by atoms with E-state index in [0.29, 0.717) is 0 Å². The number of hydrogen-bond acceptors (Lipinski definition) is 1. The second kappa shape index (κ2) is 3.90. The van der Waals surface area contributed by atoms with Crippen LogP contribution in [0.3, 0.4) is 0 Å². The van der Waals surface area contributed by atoms with Gasteiger partial charge in [-0.1, -0.05) is 13.3 Å². The zero-order chi connectivity index (χ0) is 8.27. The molecule has 0 saturated carbocycles. The number of hydrogen-bond donors (Lipinski definition) is 0. The smallest absolute Gasteiger partial charge is 0.127 e. The Morgan fingerprint density at radius 3 is 2.82 bits per heavy atom. The van der Waals surface area contributed by atoms with Crippen LogP contribution in [0.4, 0.5) is 0 Å². The number of rotatable bonds is 3. The molecule has 0 bridgehead atoms. The van der Waals surface area contributed by atoms with E-state index < -0.39 is 0 Å². The van der Waals surface area contributed by atoms with Crippen molar-refractivity contribution in [3.05, 3.63) is 16.6 Å². The molecule has 0 aliphatic heterocycles. The van der Waals surface area contributed by atoms with Crippen molar-refractivity contribution in [1.29, 1.82) is 0 Å². The van der Waals surface area contributed by atoms with Gasteiger partial charge in [-0.25, -0.2) is 4.98 Å². The van der Waals surface area contributed by atoms with Gasteiger partial charge in [-0.3, -0.25) is 0 Å². The fourth-order valence-corrected chi connectivity index (χ4v) is 1.62. The van der Waals surface area contributed by atoms with Crippen molar-refractivity contribution in [3.8, 4) is 0 Å². The molecule has 1 aromatic heterocycles. The van der Waals surface area contributed by atoms with E-state index in [4.69, 9.17) is 0 Å². The van der Waals surface area contributed by atoms with Crippen LogP contribution in [0, 0.1) is 0 Å². The summed E-state index contributed by atoms with van der Waals surface area (Å²) in [5.74, 6) is 0. The van der Waals surface area contributed by atoms with Gasteiger partial charge in [-0.2, -0.15) is 0 Å². The SMILES string of the molecule is CCCCc1c(Br)ncn1C. The normalized spacial score (nSPS) is 10.5. The number of nitrogens with zero attached hydrogens (tertiary/aromatic N) is 2. The molecule has 0 spiro atoms. The van der Waals surface area contributed by atoms with Crippen LogP contribution in [0.1, 0.15) is 25.5 Å². The van der Waals surface area contributed by atoms with Crippen molar-refractivity contribution in [2.45, 2.75) is 26.2 Å². The molecule has 0 radical (unpaired) electrons. The Bertz CT molecular complexity index is 210. The van der Waals surface area contributed by atoms with Crippen LogP contribution in [-0.2, 0) is 13.5 Å². The van der Waals surface area contributed by atoms with Gasteiger partial charge in [0.15, 0.2) is 0 Å². The summed E-state index contributed by atoms with van der Waals surface area (Å²) in [5.41, 5.74) is 1.30. The van der Waals surface area contributed by atoms with Gasteiger partial charge >= 0.3 is 0 Å². The van der Waals surface area contributed by atoms with E-state index in [0.717, 1.165) is 11.0 Å². The number of unbranched alkanes of at least 4 members (excludes halogenated alkanes) is 1. The molecule has 1 heterocycles. The number of imidazole rings is 1. The highest BCUT2D eigenvalue weighted by Gasteiger charge is 2.03. The highest BCUT2D eigenvalue weighted by Crippen LogP contribution is 2.15. The summed E-state index contributed by atoms with van der Waals surface area (Å²) in [7, 11) is 2.03. The monoisotopic (exact) mass is 216 g/mol. The molecule has 1 rings (SSSR count). The minimum absolute atomic E-state index is 0.994.